The average molecular weight is 355 g/mol. The zero-order valence-corrected chi connectivity index (χ0v) is 14.3. The number of carbonyl (C=O) groups excluding carboxylic acids is 1. The maximum absolute atomic E-state index is 12.0. The van der Waals surface area contributed by atoms with Gasteiger partial charge in [-0.05, 0) is 40.8 Å². The Morgan fingerprint density at radius 2 is 2.08 bits per heavy atom. The van der Waals surface area contributed by atoms with E-state index in [0.29, 0.717) is 11.6 Å². The normalized spacial score (nSPS) is 10.9. The van der Waals surface area contributed by atoms with Gasteiger partial charge in [-0.2, -0.15) is 0 Å². The molecule has 5 heteroatoms. The largest absolute Gasteiger partial charge is 0.348 e. The summed E-state index contributed by atoms with van der Waals surface area (Å²) in [6, 6.07) is 13.5. The molecule has 0 fully saturated rings. The molecule has 0 unspecified atom stereocenters. The SMILES string of the molecule is O=C(/C=C/c1ccccc1Cl)NCc1cncc(-c2cccs2)c1. The summed E-state index contributed by atoms with van der Waals surface area (Å²) >= 11 is 7.72. The molecule has 0 spiro atoms. The van der Waals surface area contributed by atoms with Crippen molar-refractivity contribution in [2.24, 2.45) is 0 Å². The Balaban J connectivity index is 1.61. The average Bonchev–Trinajstić information content (AvgIpc) is 3.14. The van der Waals surface area contributed by atoms with Gasteiger partial charge in [0.25, 0.3) is 0 Å². The van der Waals surface area contributed by atoms with Crippen LogP contribution in [-0.4, -0.2) is 10.9 Å². The second-order valence-electron chi connectivity index (χ2n) is 5.13. The Morgan fingerprint density at radius 3 is 2.88 bits per heavy atom. The number of nitrogens with one attached hydrogen (secondary N) is 1. The van der Waals surface area contributed by atoms with Gasteiger partial charge in [0, 0.05) is 40.5 Å². The zero-order chi connectivity index (χ0) is 16.8. The van der Waals surface area contributed by atoms with Crippen LogP contribution in [0.2, 0.25) is 5.02 Å². The van der Waals surface area contributed by atoms with Crippen LogP contribution in [0.3, 0.4) is 0 Å². The van der Waals surface area contributed by atoms with Crippen molar-refractivity contribution in [1.82, 2.24) is 10.3 Å². The van der Waals surface area contributed by atoms with Crippen LogP contribution >= 0.6 is 22.9 Å². The van der Waals surface area contributed by atoms with Crippen molar-refractivity contribution >= 4 is 34.9 Å². The summed E-state index contributed by atoms with van der Waals surface area (Å²) in [6.45, 7) is 0.428. The quantitative estimate of drug-likeness (QED) is 0.669. The summed E-state index contributed by atoms with van der Waals surface area (Å²) in [5.41, 5.74) is 2.83. The van der Waals surface area contributed by atoms with Crippen LogP contribution in [0, 0.1) is 0 Å². The Hall–Kier alpha value is -2.43. The summed E-state index contributed by atoms with van der Waals surface area (Å²) in [4.78, 5) is 17.4. The first-order valence-corrected chi connectivity index (χ1v) is 8.66. The maximum Gasteiger partial charge on any atom is 0.244 e. The van der Waals surface area contributed by atoms with Gasteiger partial charge in [-0.25, -0.2) is 0 Å². The predicted molar refractivity (Wildman–Crippen MR) is 99.9 cm³/mol. The van der Waals surface area contributed by atoms with Crippen LogP contribution in [0.4, 0.5) is 0 Å². The van der Waals surface area contributed by atoms with E-state index in [2.05, 4.69) is 16.4 Å². The number of amides is 1. The molecule has 0 aliphatic rings. The number of aromatic nitrogens is 1. The molecular formula is C19H15ClN2OS. The van der Waals surface area contributed by atoms with Gasteiger partial charge in [0.2, 0.25) is 5.91 Å². The van der Waals surface area contributed by atoms with Crippen molar-refractivity contribution in [2.45, 2.75) is 6.54 Å². The van der Waals surface area contributed by atoms with Gasteiger partial charge in [-0.1, -0.05) is 35.9 Å². The number of benzene rings is 1. The Labute approximate surface area is 149 Å². The molecule has 2 aromatic heterocycles. The second kappa shape index (κ2) is 7.90. The summed E-state index contributed by atoms with van der Waals surface area (Å²) in [5.74, 6) is -0.170. The van der Waals surface area contributed by atoms with Gasteiger partial charge in [0.15, 0.2) is 0 Å². The molecule has 0 aliphatic carbocycles. The third-order valence-electron chi connectivity index (χ3n) is 3.39. The molecule has 3 aromatic rings. The molecule has 1 amide bonds. The van der Waals surface area contributed by atoms with Crippen molar-refractivity contribution in [3.05, 3.63) is 82.5 Å². The van der Waals surface area contributed by atoms with E-state index in [4.69, 9.17) is 11.6 Å². The van der Waals surface area contributed by atoms with Crippen molar-refractivity contribution in [2.75, 3.05) is 0 Å². The fourth-order valence-corrected chi connectivity index (χ4v) is 3.09. The van der Waals surface area contributed by atoms with E-state index in [0.717, 1.165) is 21.6 Å². The first-order valence-electron chi connectivity index (χ1n) is 7.40. The topological polar surface area (TPSA) is 42.0 Å². The van der Waals surface area contributed by atoms with Gasteiger partial charge < -0.3 is 5.32 Å². The standard InChI is InChI=1S/C19H15ClN2OS/c20-17-5-2-1-4-15(17)7-8-19(23)22-12-14-10-16(13-21-11-14)18-6-3-9-24-18/h1-11,13H,12H2,(H,22,23)/b8-7+. The van der Waals surface area contributed by atoms with E-state index in [1.54, 1.807) is 29.7 Å². The lowest BCUT2D eigenvalue weighted by molar-refractivity contribution is -0.116. The van der Waals surface area contributed by atoms with Crippen LogP contribution < -0.4 is 5.32 Å². The lowest BCUT2D eigenvalue weighted by Gasteiger charge is -2.04. The van der Waals surface area contributed by atoms with E-state index in [-0.39, 0.29) is 5.91 Å². The summed E-state index contributed by atoms with van der Waals surface area (Å²) in [5, 5.41) is 5.51. The van der Waals surface area contributed by atoms with Gasteiger partial charge >= 0.3 is 0 Å². The smallest absolute Gasteiger partial charge is 0.244 e. The highest BCUT2D eigenvalue weighted by molar-refractivity contribution is 7.13. The van der Waals surface area contributed by atoms with Crippen LogP contribution in [0.15, 0.2) is 66.3 Å². The molecular weight excluding hydrogens is 340 g/mol. The predicted octanol–water partition coefficient (Wildman–Crippen LogP) is 4.79. The molecule has 3 rings (SSSR count). The number of hydrogen-bond acceptors (Lipinski definition) is 3. The van der Waals surface area contributed by atoms with E-state index < -0.39 is 0 Å². The number of hydrogen-bond donors (Lipinski definition) is 1. The molecule has 0 saturated carbocycles. The minimum Gasteiger partial charge on any atom is -0.348 e. The molecule has 24 heavy (non-hydrogen) atoms. The van der Waals surface area contributed by atoms with Crippen molar-refractivity contribution < 1.29 is 4.79 Å². The number of pyridine rings is 1. The molecule has 0 aliphatic heterocycles. The van der Waals surface area contributed by atoms with Crippen LogP contribution in [0.25, 0.3) is 16.5 Å². The lowest BCUT2D eigenvalue weighted by atomic mass is 10.2. The van der Waals surface area contributed by atoms with Crippen molar-refractivity contribution in [1.29, 1.82) is 0 Å². The summed E-state index contributed by atoms with van der Waals surface area (Å²) in [7, 11) is 0. The Morgan fingerprint density at radius 1 is 1.21 bits per heavy atom. The molecule has 0 saturated heterocycles. The van der Waals surface area contributed by atoms with Gasteiger partial charge in [-0.15, -0.1) is 11.3 Å². The molecule has 1 N–H and O–H groups in total. The molecule has 2 heterocycles. The van der Waals surface area contributed by atoms with Crippen LogP contribution in [0.1, 0.15) is 11.1 Å². The van der Waals surface area contributed by atoms with Crippen LogP contribution in [0.5, 0.6) is 0 Å². The maximum atomic E-state index is 12.0. The Kier molecular flexibility index (Phi) is 5.41. The van der Waals surface area contributed by atoms with E-state index >= 15 is 0 Å². The zero-order valence-electron chi connectivity index (χ0n) is 12.8. The minimum absolute atomic E-state index is 0.170. The summed E-state index contributed by atoms with van der Waals surface area (Å²) in [6.07, 6.45) is 6.78. The number of nitrogens with zero attached hydrogens (tertiary/aromatic N) is 1. The highest BCUT2D eigenvalue weighted by atomic mass is 35.5. The Bertz CT molecular complexity index is 859. The number of carbonyl (C=O) groups is 1. The van der Waals surface area contributed by atoms with E-state index in [9.17, 15) is 4.79 Å². The fraction of sp³-hybridized carbons (Fsp3) is 0.0526. The molecule has 120 valence electrons. The first kappa shape index (κ1) is 16.4. The molecule has 3 nitrogen and oxygen atoms in total. The number of halogens is 1. The van der Waals surface area contributed by atoms with Gasteiger partial charge in [0.05, 0.1) is 0 Å². The molecule has 1 aromatic carbocycles. The molecule has 0 atom stereocenters. The molecule has 0 bridgehead atoms. The van der Waals surface area contributed by atoms with Gasteiger partial charge in [0.1, 0.15) is 0 Å². The molecule has 0 radical (unpaired) electrons. The van der Waals surface area contributed by atoms with Crippen molar-refractivity contribution in [3.63, 3.8) is 0 Å². The van der Waals surface area contributed by atoms with Gasteiger partial charge in [-0.3, -0.25) is 9.78 Å². The van der Waals surface area contributed by atoms with Crippen LogP contribution in [-0.2, 0) is 11.3 Å². The highest BCUT2D eigenvalue weighted by Crippen LogP contribution is 2.24. The van der Waals surface area contributed by atoms with E-state index in [1.807, 2.05) is 41.9 Å². The fourth-order valence-electron chi connectivity index (χ4n) is 2.19. The first-order chi connectivity index (χ1) is 11.7. The third-order valence-corrected chi connectivity index (χ3v) is 4.65. The van der Waals surface area contributed by atoms with Crippen molar-refractivity contribution in [3.8, 4) is 10.4 Å². The lowest BCUT2D eigenvalue weighted by Crippen LogP contribution is -2.20. The second-order valence-corrected chi connectivity index (χ2v) is 6.49. The number of rotatable bonds is 5. The van der Waals surface area contributed by atoms with E-state index in [1.165, 1.54) is 6.08 Å². The summed E-state index contributed by atoms with van der Waals surface area (Å²) < 4.78 is 0. The third kappa shape index (κ3) is 4.31. The highest BCUT2D eigenvalue weighted by Gasteiger charge is 2.03. The minimum atomic E-state index is -0.170. The monoisotopic (exact) mass is 354 g/mol. The number of thiophene rings is 1.